The molecule has 148 valence electrons. The lowest BCUT2D eigenvalue weighted by molar-refractivity contribution is 0.0594. The summed E-state index contributed by atoms with van der Waals surface area (Å²) in [7, 11) is 1.36. The molecule has 0 amide bonds. The Balaban J connectivity index is 1.76. The van der Waals surface area contributed by atoms with Crippen molar-refractivity contribution in [3.63, 3.8) is 0 Å². The number of carbonyl (C=O) groups is 1. The van der Waals surface area contributed by atoms with Crippen LogP contribution >= 0.6 is 15.9 Å². The number of hydrogen-bond donors (Lipinski definition) is 0. The van der Waals surface area contributed by atoms with E-state index in [0.717, 1.165) is 39.4 Å². The molecule has 2 atom stereocenters. The minimum atomic E-state index is -0.450. The average molecular weight is 452 g/mol. The van der Waals surface area contributed by atoms with Crippen molar-refractivity contribution in [3.8, 4) is 28.1 Å². The second-order valence-electron chi connectivity index (χ2n) is 7.37. The fourth-order valence-electron chi connectivity index (χ4n) is 3.41. The zero-order valence-electron chi connectivity index (χ0n) is 16.4. The highest BCUT2D eigenvalue weighted by molar-refractivity contribution is 9.10. The summed E-state index contributed by atoms with van der Waals surface area (Å²) < 4.78 is 12.0. The van der Waals surface area contributed by atoms with Gasteiger partial charge in [-0.3, -0.25) is 0 Å². The maximum atomic E-state index is 11.9. The number of aromatic nitrogens is 1. The maximum Gasteiger partial charge on any atom is 0.356 e. The van der Waals surface area contributed by atoms with Crippen molar-refractivity contribution < 1.29 is 14.3 Å². The molecule has 0 spiro atoms. The number of hydrogen-bond acceptors (Lipinski definition) is 4. The number of nitrogens with zero attached hydrogens (tertiary/aromatic N) is 1. The van der Waals surface area contributed by atoms with Crippen LogP contribution in [0.4, 0.5) is 0 Å². The van der Waals surface area contributed by atoms with Crippen LogP contribution in [0.5, 0.6) is 5.75 Å². The molecule has 5 heteroatoms. The van der Waals surface area contributed by atoms with Crippen LogP contribution < -0.4 is 4.74 Å². The largest absolute Gasteiger partial charge is 0.493 e. The molecule has 1 aromatic heterocycles. The molecule has 0 radical (unpaired) electrons. The van der Waals surface area contributed by atoms with Gasteiger partial charge in [0, 0.05) is 15.6 Å². The van der Waals surface area contributed by atoms with Gasteiger partial charge in [-0.15, -0.1) is 0 Å². The summed E-state index contributed by atoms with van der Waals surface area (Å²) >= 11 is 3.58. The Labute approximate surface area is 179 Å². The van der Waals surface area contributed by atoms with Crippen LogP contribution in [0.1, 0.15) is 23.8 Å². The summed E-state index contributed by atoms with van der Waals surface area (Å²) in [5, 5.41) is 0. The summed E-state index contributed by atoms with van der Waals surface area (Å²) in [6, 6.07) is 19.5. The summed E-state index contributed by atoms with van der Waals surface area (Å²) in [5.74, 6) is 1.78. The third-order valence-electron chi connectivity index (χ3n) is 5.31. The molecule has 1 saturated carbocycles. The lowest BCUT2D eigenvalue weighted by Crippen LogP contribution is -2.05. The number of methoxy groups -OCH3 is 1. The van der Waals surface area contributed by atoms with Crippen molar-refractivity contribution in [1.29, 1.82) is 0 Å². The Kier molecular flexibility index (Phi) is 5.67. The number of carbonyl (C=O) groups excluding carboxylic acids is 1. The van der Waals surface area contributed by atoms with Crippen LogP contribution in [-0.2, 0) is 4.74 Å². The summed E-state index contributed by atoms with van der Waals surface area (Å²) in [5.41, 5.74) is 3.93. The van der Waals surface area contributed by atoms with Gasteiger partial charge in [-0.1, -0.05) is 53.2 Å². The van der Waals surface area contributed by atoms with E-state index in [1.54, 1.807) is 6.07 Å². The molecular formula is C24H22BrNO3. The Morgan fingerprint density at radius 3 is 2.55 bits per heavy atom. The van der Waals surface area contributed by atoms with Gasteiger partial charge < -0.3 is 9.47 Å². The van der Waals surface area contributed by atoms with Crippen LogP contribution in [0.15, 0.2) is 65.1 Å². The van der Waals surface area contributed by atoms with Gasteiger partial charge in [-0.05, 0) is 54.2 Å². The van der Waals surface area contributed by atoms with Crippen molar-refractivity contribution in [3.05, 3.63) is 70.8 Å². The molecule has 2 aromatic carbocycles. The highest BCUT2D eigenvalue weighted by Gasteiger charge is 2.33. The Morgan fingerprint density at radius 1 is 1.07 bits per heavy atom. The number of pyridine rings is 1. The first-order valence-electron chi connectivity index (χ1n) is 9.64. The van der Waals surface area contributed by atoms with E-state index in [9.17, 15) is 4.79 Å². The minimum Gasteiger partial charge on any atom is -0.493 e. The highest BCUT2D eigenvalue weighted by Crippen LogP contribution is 2.41. The number of halogens is 1. The molecule has 29 heavy (non-hydrogen) atoms. The van der Waals surface area contributed by atoms with E-state index >= 15 is 0 Å². The van der Waals surface area contributed by atoms with E-state index in [1.807, 2.05) is 42.5 Å². The van der Waals surface area contributed by atoms with E-state index in [1.165, 1.54) is 13.5 Å². The van der Waals surface area contributed by atoms with E-state index in [2.05, 4.69) is 40.0 Å². The predicted octanol–water partition coefficient (Wildman–Crippen LogP) is 6.00. The number of benzene rings is 2. The molecule has 4 nitrogen and oxygen atoms in total. The van der Waals surface area contributed by atoms with Gasteiger partial charge in [0.25, 0.3) is 0 Å². The molecule has 1 heterocycles. The Bertz CT molecular complexity index is 1050. The first-order valence-corrected chi connectivity index (χ1v) is 10.4. The molecule has 4 rings (SSSR count). The normalized spacial score (nSPS) is 17.6. The molecule has 2 unspecified atom stereocenters. The van der Waals surface area contributed by atoms with Crippen LogP contribution in [0.2, 0.25) is 0 Å². The molecule has 0 N–H and O–H groups in total. The predicted molar refractivity (Wildman–Crippen MR) is 117 cm³/mol. The van der Waals surface area contributed by atoms with Gasteiger partial charge >= 0.3 is 5.97 Å². The Hall–Kier alpha value is -2.66. The first-order chi connectivity index (χ1) is 14.1. The lowest BCUT2D eigenvalue weighted by atomic mass is 9.96. The number of ether oxygens (including phenoxy) is 2. The first kappa shape index (κ1) is 19.6. The van der Waals surface area contributed by atoms with Gasteiger partial charge in [0.1, 0.15) is 11.4 Å². The smallest absolute Gasteiger partial charge is 0.356 e. The van der Waals surface area contributed by atoms with Crippen LogP contribution in [0, 0.1) is 11.8 Å². The van der Waals surface area contributed by atoms with Gasteiger partial charge in [0.15, 0.2) is 0 Å². The fraction of sp³-hybridized carbons (Fsp3) is 0.250. The van der Waals surface area contributed by atoms with E-state index in [0.29, 0.717) is 11.6 Å². The van der Waals surface area contributed by atoms with E-state index in [-0.39, 0.29) is 5.69 Å². The lowest BCUT2D eigenvalue weighted by Gasteiger charge is -2.15. The van der Waals surface area contributed by atoms with Crippen LogP contribution in [-0.4, -0.2) is 24.7 Å². The van der Waals surface area contributed by atoms with Gasteiger partial charge in [-0.2, -0.15) is 0 Å². The average Bonchev–Trinajstić information content (AvgIpc) is 3.47. The van der Waals surface area contributed by atoms with Crippen molar-refractivity contribution in [2.75, 3.05) is 13.7 Å². The topological polar surface area (TPSA) is 48.4 Å². The van der Waals surface area contributed by atoms with E-state index in [4.69, 9.17) is 9.47 Å². The standard InChI is InChI=1S/C24H22BrNO3/c1-15-12-16(15)14-29-23-11-10-17(25)13-20(23)18-6-3-4-7-19(18)21-8-5-9-22(26-21)24(27)28-2/h3-11,13,15-16H,12,14H2,1-2H3. The van der Waals surface area contributed by atoms with E-state index < -0.39 is 5.97 Å². The molecular weight excluding hydrogens is 430 g/mol. The quantitative estimate of drug-likeness (QED) is 0.431. The van der Waals surface area contributed by atoms with Gasteiger partial charge in [0.2, 0.25) is 0 Å². The third kappa shape index (κ3) is 4.35. The zero-order chi connectivity index (χ0) is 20.4. The molecule has 0 saturated heterocycles. The number of rotatable bonds is 6. The third-order valence-corrected chi connectivity index (χ3v) is 5.80. The monoisotopic (exact) mass is 451 g/mol. The van der Waals surface area contributed by atoms with Crippen LogP contribution in [0.3, 0.4) is 0 Å². The molecule has 0 aliphatic heterocycles. The molecule has 1 aliphatic carbocycles. The van der Waals surface area contributed by atoms with Gasteiger partial charge in [0.05, 0.1) is 19.4 Å². The fourth-order valence-corrected chi connectivity index (χ4v) is 3.77. The molecule has 3 aromatic rings. The summed E-state index contributed by atoms with van der Waals surface area (Å²) in [6.45, 7) is 2.99. The highest BCUT2D eigenvalue weighted by atomic mass is 79.9. The second-order valence-corrected chi connectivity index (χ2v) is 8.29. The van der Waals surface area contributed by atoms with Crippen molar-refractivity contribution in [2.45, 2.75) is 13.3 Å². The summed E-state index contributed by atoms with van der Waals surface area (Å²) in [4.78, 5) is 16.4. The SMILES string of the molecule is COC(=O)c1cccc(-c2ccccc2-c2cc(Br)ccc2OCC2CC2C)n1. The van der Waals surface area contributed by atoms with Crippen molar-refractivity contribution in [2.24, 2.45) is 11.8 Å². The van der Waals surface area contributed by atoms with Crippen LogP contribution in [0.25, 0.3) is 22.4 Å². The maximum absolute atomic E-state index is 11.9. The van der Waals surface area contributed by atoms with Crippen molar-refractivity contribution >= 4 is 21.9 Å². The molecule has 1 fully saturated rings. The second kappa shape index (κ2) is 8.37. The zero-order valence-corrected chi connectivity index (χ0v) is 18.0. The van der Waals surface area contributed by atoms with Gasteiger partial charge in [-0.25, -0.2) is 9.78 Å². The Morgan fingerprint density at radius 2 is 1.83 bits per heavy atom. The minimum absolute atomic E-state index is 0.285. The molecule has 0 bridgehead atoms. The molecule has 1 aliphatic rings. The summed E-state index contributed by atoms with van der Waals surface area (Å²) in [6.07, 6.45) is 1.23. The van der Waals surface area contributed by atoms with Crippen molar-refractivity contribution in [1.82, 2.24) is 4.98 Å². The number of esters is 1.